The van der Waals surface area contributed by atoms with Crippen LogP contribution < -0.4 is 0 Å². The van der Waals surface area contributed by atoms with Crippen LogP contribution >= 0.6 is 0 Å². The first kappa shape index (κ1) is 11.2. The maximum absolute atomic E-state index is 8.50. The molecule has 0 heterocycles. The van der Waals surface area contributed by atoms with Gasteiger partial charge >= 0.3 is 25.7 Å². The summed E-state index contributed by atoms with van der Waals surface area (Å²) in [6.07, 6.45) is 4.08. The molecule has 0 aromatic carbocycles. The Labute approximate surface area is 59.2 Å². The molecule has 0 radical (unpaired) electrons. The zero-order valence-electron chi connectivity index (χ0n) is 5.44. The predicted octanol–water partition coefficient (Wildman–Crippen LogP) is 1.96. The Morgan fingerprint density at radius 3 is 1.38 bits per heavy atom. The summed E-state index contributed by atoms with van der Waals surface area (Å²) in [6, 6.07) is 0. The van der Waals surface area contributed by atoms with Crippen LogP contribution in [-0.4, -0.2) is 0 Å². The summed E-state index contributed by atoms with van der Waals surface area (Å²) in [5, 5.41) is 0. The van der Waals surface area contributed by atoms with Crippen LogP contribution in [0.2, 0.25) is 0 Å². The third-order valence-electron chi connectivity index (χ3n) is 0.707. The van der Waals surface area contributed by atoms with Crippen LogP contribution in [0.1, 0.15) is 33.1 Å². The van der Waals surface area contributed by atoms with Gasteiger partial charge in [-0.2, -0.15) is 0 Å². The average molecular weight is 152 g/mol. The van der Waals surface area contributed by atoms with E-state index >= 15 is 0 Å². The molecular weight excluding hydrogens is 140 g/mol. The Bertz CT molecular complexity index is 55.4. The van der Waals surface area contributed by atoms with Crippen molar-refractivity contribution in [1.29, 1.82) is 0 Å². The molecule has 0 rings (SSSR count). The number of hydrogen-bond donors (Lipinski definition) is 0. The van der Waals surface area contributed by atoms with Crippen LogP contribution in [-0.2, 0) is 25.7 Å². The molecular formula is C5H12O2Ti. The van der Waals surface area contributed by atoms with Crippen molar-refractivity contribution < 1.29 is 25.7 Å². The van der Waals surface area contributed by atoms with Gasteiger partial charge in [-0.1, -0.05) is 33.1 Å². The molecule has 0 bridgehead atoms. The Balaban J connectivity index is 0. The first-order valence-corrected chi connectivity index (χ1v) is 4.10. The zero-order valence-corrected chi connectivity index (χ0v) is 7.00. The van der Waals surface area contributed by atoms with E-state index in [0.29, 0.717) is 0 Å². The summed E-state index contributed by atoms with van der Waals surface area (Å²) in [6.45, 7) is 4.42. The van der Waals surface area contributed by atoms with Crippen LogP contribution in [0.15, 0.2) is 0 Å². The van der Waals surface area contributed by atoms with Gasteiger partial charge in [-0.25, -0.2) is 0 Å². The molecule has 0 aliphatic heterocycles. The molecule has 0 N–H and O–H groups in total. The Hall–Kier alpha value is 0.314. The molecule has 0 amide bonds. The fraction of sp³-hybridized carbons (Fsp3) is 1.00. The van der Waals surface area contributed by atoms with Gasteiger partial charge < -0.3 is 0 Å². The first-order chi connectivity index (χ1) is 3.83. The fourth-order valence-electron chi connectivity index (χ4n) is 0.354. The summed E-state index contributed by atoms with van der Waals surface area (Å²) in [5.41, 5.74) is 0. The molecule has 0 fully saturated rings. The Morgan fingerprint density at radius 1 is 1.12 bits per heavy atom. The summed E-state index contributed by atoms with van der Waals surface area (Å²) >= 11 is -2.00. The van der Waals surface area contributed by atoms with Crippen LogP contribution in [0.3, 0.4) is 0 Å². The molecule has 0 aliphatic rings. The van der Waals surface area contributed by atoms with Crippen LogP contribution in [0.5, 0.6) is 0 Å². The molecule has 0 saturated heterocycles. The normalized spacial score (nSPS) is 6.25. The fourth-order valence-corrected chi connectivity index (χ4v) is 0.354. The van der Waals surface area contributed by atoms with Crippen molar-refractivity contribution in [2.75, 3.05) is 0 Å². The van der Waals surface area contributed by atoms with Crippen molar-refractivity contribution >= 4 is 0 Å². The summed E-state index contributed by atoms with van der Waals surface area (Å²) in [5.74, 6) is 0. The van der Waals surface area contributed by atoms with Gasteiger partial charge in [0.1, 0.15) is 0 Å². The Morgan fingerprint density at radius 2 is 1.38 bits per heavy atom. The van der Waals surface area contributed by atoms with Gasteiger partial charge in [0.25, 0.3) is 0 Å². The quantitative estimate of drug-likeness (QED) is 0.566. The number of unbranched alkanes of at least 4 members (excludes halogenated alkanes) is 2. The molecule has 0 atom stereocenters. The van der Waals surface area contributed by atoms with E-state index in [9.17, 15) is 0 Å². The van der Waals surface area contributed by atoms with E-state index in [2.05, 4.69) is 13.8 Å². The molecule has 2 nitrogen and oxygen atoms in total. The summed E-state index contributed by atoms with van der Waals surface area (Å²) in [4.78, 5) is 0. The van der Waals surface area contributed by atoms with E-state index in [1.165, 1.54) is 19.3 Å². The second-order valence-corrected chi connectivity index (χ2v) is 1.70. The van der Waals surface area contributed by atoms with Crippen molar-refractivity contribution in [1.82, 2.24) is 0 Å². The third-order valence-corrected chi connectivity index (χ3v) is 0.707. The zero-order chi connectivity index (χ0) is 6.83. The van der Waals surface area contributed by atoms with Crippen molar-refractivity contribution in [3.63, 3.8) is 0 Å². The van der Waals surface area contributed by atoms with Crippen LogP contribution in [0.25, 0.3) is 0 Å². The minimum atomic E-state index is -2.00. The molecule has 0 aromatic heterocycles. The summed E-state index contributed by atoms with van der Waals surface area (Å²) < 4.78 is 17.0. The van der Waals surface area contributed by atoms with Gasteiger partial charge in [-0.15, -0.1) is 0 Å². The second kappa shape index (κ2) is 15.7. The van der Waals surface area contributed by atoms with E-state index in [4.69, 9.17) is 6.65 Å². The van der Waals surface area contributed by atoms with Gasteiger partial charge in [0.05, 0.1) is 0 Å². The third kappa shape index (κ3) is 33.3. The minimum absolute atomic E-state index is 1.34. The topological polar surface area (TPSA) is 34.1 Å². The standard InChI is InChI=1S/C5H12.2O.Ti/c1-3-5-4-2;;;/h3-5H2,1-2H3;;;. The van der Waals surface area contributed by atoms with E-state index < -0.39 is 19.1 Å². The van der Waals surface area contributed by atoms with Crippen molar-refractivity contribution in [2.24, 2.45) is 0 Å². The maximum atomic E-state index is 8.50. The molecule has 0 spiro atoms. The predicted molar refractivity (Wildman–Crippen MR) is 26.6 cm³/mol. The first-order valence-electron chi connectivity index (χ1n) is 2.82. The molecule has 8 heavy (non-hydrogen) atoms. The van der Waals surface area contributed by atoms with Crippen molar-refractivity contribution in [3.8, 4) is 0 Å². The average Bonchev–Trinajstić information content (AvgIpc) is 1.71. The SMILES string of the molecule is CCCCC.[O]=[Ti]=[O]. The molecule has 0 aliphatic carbocycles. The van der Waals surface area contributed by atoms with E-state index in [1.54, 1.807) is 0 Å². The number of rotatable bonds is 2. The van der Waals surface area contributed by atoms with Gasteiger partial charge in [0.2, 0.25) is 0 Å². The molecule has 0 saturated carbocycles. The van der Waals surface area contributed by atoms with Crippen LogP contribution in [0.4, 0.5) is 0 Å². The van der Waals surface area contributed by atoms with Gasteiger partial charge in [-0.3, -0.25) is 0 Å². The van der Waals surface area contributed by atoms with Gasteiger partial charge in [-0.05, 0) is 0 Å². The second-order valence-electron chi connectivity index (χ2n) is 1.44. The van der Waals surface area contributed by atoms with E-state index in [1.807, 2.05) is 0 Å². The van der Waals surface area contributed by atoms with E-state index in [0.717, 1.165) is 0 Å². The van der Waals surface area contributed by atoms with Crippen molar-refractivity contribution in [2.45, 2.75) is 33.1 Å². The molecule has 0 unspecified atom stereocenters. The Kier molecular flexibility index (Phi) is 21.8. The summed E-state index contributed by atoms with van der Waals surface area (Å²) in [7, 11) is 0. The van der Waals surface area contributed by atoms with E-state index in [-0.39, 0.29) is 0 Å². The van der Waals surface area contributed by atoms with Gasteiger partial charge in [0, 0.05) is 0 Å². The van der Waals surface area contributed by atoms with Gasteiger partial charge in [0.15, 0.2) is 0 Å². The molecule has 48 valence electrons. The molecule has 0 aromatic rings. The van der Waals surface area contributed by atoms with Crippen LogP contribution in [0, 0.1) is 0 Å². The monoisotopic (exact) mass is 152 g/mol. The van der Waals surface area contributed by atoms with Crippen molar-refractivity contribution in [3.05, 3.63) is 0 Å². The molecule has 3 heteroatoms. The number of hydrogen-bond acceptors (Lipinski definition) is 2.